The summed E-state index contributed by atoms with van der Waals surface area (Å²) in [6.07, 6.45) is 1.81. The highest BCUT2D eigenvalue weighted by Gasteiger charge is 2.42. The van der Waals surface area contributed by atoms with E-state index in [-0.39, 0.29) is 17.9 Å². The third-order valence-electron chi connectivity index (χ3n) is 7.79. The molecule has 4 aromatic rings. The van der Waals surface area contributed by atoms with Crippen molar-refractivity contribution in [2.45, 2.75) is 32.9 Å². The molecule has 0 spiro atoms. The molecule has 2 atom stereocenters. The van der Waals surface area contributed by atoms with E-state index in [1.54, 1.807) is 19.2 Å². The van der Waals surface area contributed by atoms with Crippen LogP contribution in [0.2, 0.25) is 0 Å². The van der Waals surface area contributed by atoms with Crippen molar-refractivity contribution in [2.24, 2.45) is 0 Å². The van der Waals surface area contributed by atoms with E-state index in [9.17, 15) is 4.39 Å². The van der Waals surface area contributed by atoms with Gasteiger partial charge in [-0.15, -0.1) is 0 Å². The fourth-order valence-electron chi connectivity index (χ4n) is 5.85. The molecule has 0 bridgehead atoms. The van der Waals surface area contributed by atoms with Gasteiger partial charge in [-0.3, -0.25) is 4.98 Å². The number of aromatic nitrogens is 2. The number of morpholine rings is 1. The van der Waals surface area contributed by atoms with Crippen LogP contribution < -0.4 is 15.1 Å². The highest BCUT2D eigenvalue weighted by Crippen LogP contribution is 2.44. The van der Waals surface area contributed by atoms with Crippen molar-refractivity contribution in [3.63, 3.8) is 0 Å². The molecular formula is C31H32FN5OS. The molecule has 4 heterocycles. The predicted molar refractivity (Wildman–Crippen MR) is 157 cm³/mol. The van der Waals surface area contributed by atoms with Gasteiger partial charge in [0.2, 0.25) is 0 Å². The molecule has 6 nitrogen and oxygen atoms in total. The van der Waals surface area contributed by atoms with E-state index in [0.717, 1.165) is 60.3 Å². The zero-order chi connectivity index (χ0) is 27.1. The van der Waals surface area contributed by atoms with Crippen LogP contribution in [0.4, 0.5) is 15.8 Å². The van der Waals surface area contributed by atoms with Gasteiger partial charge in [0.15, 0.2) is 5.11 Å². The monoisotopic (exact) mass is 541 g/mol. The highest BCUT2D eigenvalue weighted by molar-refractivity contribution is 7.80. The zero-order valence-electron chi connectivity index (χ0n) is 22.4. The van der Waals surface area contributed by atoms with Crippen LogP contribution in [0.1, 0.15) is 40.3 Å². The first-order chi connectivity index (χ1) is 18.9. The Hall–Kier alpha value is -3.75. The number of anilines is 2. The molecule has 2 saturated heterocycles. The number of ether oxygens (including phenoxy) is 1. The number of aryl methyl sites for hydroxylation is 2. The Morgan fingerprint density at radius 3 is 2.33 bits per heavy atom. The maximum Gasteiger partial charge on any atom is 0.174 e. The molecule has 1 N–H and O–H groups in total. The Morgan fingerprint density at radius 2 is 1.64 bits per heavy atom. The quantitative estimate of drug-likeness (QED) is 0.315. The maximum atomic E-state index is 14.2. The minimum absolute atomic E-state index is 0.162. The van der Waals surface area contributed by atoms with Crippen molar-refractivity contribution in [1.82, 2.24) is 14.9 Å². The average molecular weight is 542 g/mol. The Kier molecular flexibility index (Phi) is 6.83. The van der Waals surface area contributed by atoms with Gasteiger partial charge in [-0.2, -0.15) is 0 Å². The van der Waals surface area contributed by atoms with E-state index in [4.69, 9.17) is 17.0 Å². The van der Waals surface area contributed by atoms with E-state index in [1.165, 1.54) is 11.8 Å². The standard InChI is InChI=1S/C31H32FN5OS/c1-20-18-25(11-12-27(20)32)37-30(29(34-31(37)39)28-6-4-5-13-33-28)26-19-21(2)36(22(26)3)24-9-7-23(8-10-24)35-14-16-38-17-15-35/h4-13,18-19,29-30H,14-17H2,1-3H3,(H,34,39)/t29-,30+/m1/s1. The number of hydrogen-bond acceptors (Lipinski definition) is 4. The van der Waals surface area contributed by atoms with Gasteiger partial charge in [-0.25, -0.2) is 4.39 Å². The van der Waals surface area contributed by atoms with Crippen LogP contribution in [0, 0.1) is 26.6 Å². The summed E-state index contributed by atoms with van der Waals surface area (Å²) in [5.41, 5.74) is 8.09. The van der Waals surface area contributed by atoms with Crippen molar-refractivity contribution >= 4 is 28.7 Å². The molecule has 2 aromatic heterocycles. The molecular weight excluding hydrogens is 509 g/mol. The van der Waals surface area contributed by atoms with Crippen LogP contribution in [-0.4, -0.2) is 41.0 Å². The lowest BCUT2D eigenvalue weighted by molar-refractivity contribution is 0.122. The maximum absolute atomic E-state index is 14.2. The highest BCUT2D eigenvalue weighted by atomic mass is 32.1. The van der Waals surface area contributed by atoms with Crippen LogP contribution in [-0.2, 0) is 4.74 Å². The minimum atomic E-state index is -0.228. The van der Waals surface area contributed by atoms with E-state index >= 15 is 0 Å². The summed E-state index contributed by atoms with van der Waals surface area (Å²) < 4.78 is 22.0. The fraction of sp³-hybridized carbons (Fsp3) is 0.290. The summed E-state index contributed by atoms with van der Waals surface area (Å²) in [5, 5.41) is 4.12. The molecule has 0 radical (unpaired) electrons. The lowest BCUT2D eigenvalue weighted by Crippen LogP contribution is -2.36. The zero-order valence-corrected chi connectivity index (χ0v) is 23.2. The lowest BCUT2D eigenvalue weighted by atomic mass is 9.96. The Labute approximate surface area is 234 Å². The minimum Gasteiger partial charge on any atom is -0.378 e. The van der Waals surface area contributed by atoms with Gasteiger partial charge >= 0.3 is 0 Å². The summed E-state index contributed by atoms with van der Waals surface area (Å²) in [7, 11) is 0. The second-order valence-corrected chi connectivity index (χ2v) is 10.6. The van der Waals surface area contributed by atoms with Crippen LogP contribution in [0.15, 0.2) is 72.9 Å². The van der Waals surface area contributed by atoms with Crippen LogP contribution in [0.25, 0.3) is 5.69 Å². The first kappa shape index (κ1) is 25.5. The molecule has 2 fully saturated rings. The largest absolute Gasteiger partial charge is 0.378 e. The van der Waals surface area contributed by atoms with E-state index in [1.807, 2.05) is 24.3 Å². The lowest BCUT2D eigenvalue weighted by Gasteiger charge is -2.29. The summed E-state index contributed by atoms with van der Waals surface area (Å²) in [4.78, 5) is 9.14. The average Bonchev–Trinajstić information content (AvgIpc) is 3.46. The summed E-state index contributed by atoms with van der Waals surface area (Å²) in [6, 6.07) is 21.8. The summed E-state index contributed by atoms with van der Waals surface area (Å²) in [5.74, 6) is -0.228. The number of hydrogen-bond donors (Lipinski definition) is 1. The number of thiocarbonyl (C=S) groups is 1. The number of halogens is 1. The second kappa shape index (κ2) is 10.4. The third-order valence-corrected chi connectivity index (χ3v) is 8.11. The Morgan fingerprint density at radius 1 is 0.923 bits per heavy atom. The normalized spacial score (nSPS) is 19.4. The summed E-state index contributed by atoms with van der Waals surface area (Å²) in [6.45, 7) is 9.42. The smallest absolute Gasteiger partial charge is 0.174 e. The SMILES string of the molecule is Cc1cc(N2C(=S)N[C@H](c3ccccn3)[C@@H]2c2cc(C)n(-c3ccc(N4CCOCC4)cc3)c2C)ccc1F. The van der Waals surface area contributed by atoms with Crippen molar-refractivity contribution in [1.29, 1.82) is 0 Å². The molecule has 39 heavy (non-hydrogen) atoms. The Balaban J connectivity index is 1.42. The molecule has 8 heteroatoms. The molecule has 200 valence electrons. The number of benzene rings is 2. The number of pyridine rings is 1. The van der Waals surface area contributed by atoms with Gasteiger partial charge in [0.1, 0.15) is 5.82 Å². The van der Waals surface area contributed by atoms with E-state index in [0.29, 0.717) is 10.7 Å². The van der Waals surface area contributed by atoms with Gasteiger partial charge in [0.05, 0.1) is 31.0 Å². The first-order valence-corrected chi connectivity index (χ1v) is 13.7. The van der Waals surface area contributed by atoms with Crippen molar-refractivity contribution in [3.8, 4) is 5.69 Å². The van der Waals surface area contributed by atoms with Crippen molar-refractivity contribution in [2.75, 3.05) is 36.1 Å². The molecule has 0 aliphatic carbocycles. The topological polar surface area (TPSA) is 45.6 Å². The van der Waals surface area contributed by atoms with E-state index < -0.39 is 0 Å². The molecule has 2 aromatic carbocycles. The van der Waals surface area contributed by atoms with Crippen LogP contribution >= 0.6 is 12.2 Å². The molecule has 0 unspecified atom stereocenters. The molecule has 0 saturated carbocycles. The van der Waals surface area contributed by atoms with Gasteiger partial charge in [0, 0.05) is 47.7 Å². The molecule has 2 aliphatic heterocycles. The fourth-order valence-corrected chi connectivity index (χ4v) is 6.19. The van der Waals surface area contributed by atoms with Crippen LogP contribution in [0.5, 0.6) is 0 Å². The summed E-state index contributed by atoms with van der Waals surface area (Å²) >= 11 is 5.88. The van der Waals surface area contributed by atoms with Gasteiger partial charge in [-0.1, -0.05) is 6.07 Å². The second-order valence-electron chi connectivity index (χ2n) is 10.2. The molecule has 2 aliphatic rings. The number of rotatable bonds is 5. The van der Waals surface area contributed by atoms with E-state index in [2.05, 4.69) is 68.8 Å². The van der Waals surface area contributed by atoms with Crippen LogP contribution in [0.3, 0.4) is 0 Å². The van der Waals surface area contributed by atoms with Crippen molar-refractivity contribution in [3.05, 3.63) is 107 Å². The number of nitrogens with one attached hydrogen (secondary N) is 1. The van der Waals surface area contributed by atoms with Gasteiger partial charge < -0.3 is 24.4 Å². The Bertz CT molecular complexity index is 1500. The third kappa shape index (κ3) is 4.68. The van der Waals surface area contributed by atoms with Gasteiger partial charge in [0.25, 0.3) is 0 Å². The molecule has 6 rings (SSSR count). The molecule has 0 amide bonds. The number of nitrogens with zero attached hydrogens (tertiary/aromatic N) is 4. The van der Waals surface area contributed by atoms with Gasteiger partial charge in [-0.05, 0) is 105 Å². The first-order valence-electron chi connectivity index (χ1n) is 13.3. The predicted octanol–water partition coefficient (Wildman–Crippen LogP) is 5.95. The van der Waals surface area contributed by atoms with Crippen molar-refractivity contribution < 1.29 is 9.13 Å².